The van der Waals surface area contributed by atoms with Crippen LogP contribution >= 0.6 is 0 Å². The summed E-state index contributed by atoms with van der Waals surface area (Å²) in [6.45, 7) is 0.650. The van der Waals surface area contributed by atoms with E-state index < -0.39 is 5.97 Å². The molecule has 0 saturated heterocycles. The summed E-state index contributed by atoms with van der Waals surface area (Å²) in [6.07, 6.45) is 8.62. The van der Waals surface area contributed by atoms with E-state index in [1.165, 1.54) is 0 Å². The highest BCUT2D eigenvalue weighted by molar-refractivity contribution is 5.95. The number of benzene rings is 1. The predicted molar refractivity (Wildman–Crippen MR) is 101 cm³/mol. The number of unbranched alkanes of at least 4 members (excludes halogenated alkanes) is 7. The molecule has 26 heavy (non-hydrogen) atoms. The Kier molecular flexibility index (Phi) is 10.9. The van der Waals surface area contributed by atoms with Crippen molar-refractivity contribution >= 4 is 11.9 Å². The first-order valence-corrected chi connectivity index (χ1v) is 9.30. The van der Waals surface area contributed by atoms with Crippen LogP contribution in [0.3, 0.4) is 0 Å². The number of ether oxygens (including phenoxy) is 2. The molecule has 6 nitrogen and oxygen atoms in total. The quantitative estimate of drug-likeness (QED) is 0.486. The van der Waals surface area contributed by atoms with E-state index in [-0.39, 0.29) is 12.3 Å². The lowest BCUT2D eigenvalue weighted by Gasteiger charge is -2.09. The van der Waals surface area contributed by atoms with E-state index in [0.29, 0.717) is 23.6 Å². The molecule has 0 spiro atoms. The van der Waals surface area contributed by atoms with Gasteiger partial charge in [-0.05, 0) is 25.0 Å². The molecule has 0 unspecified atom stereocenters. The summed E-state index contributed by atoms with van der Waals surface area (Å²) in [5, 5.41) is 11.5. The van der Waals surface area contributed by atoms with Crippen molar-refractivity contribution in [1.29, 1.82) is 0 Å². The minimum Gasteiger partial charge on any atom is -0.497 e. The fourth-order valence-corrected chi connectivity index (χ4v) is 2.70. The van der Waals surface area contributed by atoms with Crippen molar-refractivity contribution in [3.8, 4) is 11.5 Å². The Morgan fingerprint density at radius 2 is 1.35 bits per heavy atom. The maximum absolute atomic E-state index is 12.2. The molecule has 1 aromatic carbocycles. The van der Waals surface area contributed by atoms with Gasteiger partial charge in [0.1, 0.15) is 11.5 Å². The van der Waals surface area contributed by atoms with Gasteiger partial charge in [-0.3, -0.25) is 9.59 Å². The van der Waals surface area contributed by atoms with Gasteiger partial charge in [-0.1, -0.05) is 38.5 Å². The van der Waals surface area contributed by atoms with Gasteiger partial charge in [0.2, 0.25) is 0 Å². The van der Waals surface area contributed by atoms with Gasteiger partial charge in [-0.15, -0.1) is 0 Å². The second-order valence-electron chi connectivity index (χ2n) is 6.33. The molecule has 0 aliphatic carbocycles. The van der Waals surface area contributed by atoms with Gasteiger partial charge in [0, 0.05) is 24.6 Å². The fourth-order valence-electron chi connectivity index (χ4n) is 2.70. The van der Waals surface area contributed by atoms with Gasteiger partial charge < -0.3 is 19.9 Å². The molecule has 0 aromatic heterocycles. The Morgan fingerprint density at radius 1 is 0.846 bits per heavy atom. The van der Waals surface area contributed by atoms with Crippen LogP contribution in [0.15, 0.2) is 18.2 Å². The van der Waals surface area contributed by atoms with Crippen molar-refractivity contribution in [1.82, 2.24) is 5.32 Å². The highest BCUT2D eigenvalue weighted by Gasteiger charge is 2.09. The lowest BCUT2D eigenvalue weighted by Crippen LogP contribution is -2.24. The van der Waals surface area contributed by atoms with Gasteiger partial charge in [-0.2, -0.15) is 0 Å². The van der Waals surface area contributed by atoms with Crippen LogP contribution in [0.1, 0.15) is 68.1 Å². The van der Waals surface area contributed by atoms with Gasteiger partial charge in [0.25, 0.3) is 5.91 Å². The van der Waals surface area contributed by atoms with Crippen molar-refractivity contribution in [2.75, 3.05) is 20.8 Å². The first-order valence-electron chi connectivity index (χ1n) is 9.30. The predicted octanol–water partition coefficient (Wildman–Crippen LogP) is 4.03. The summed E-state index contributed by atoms with van der Waals surface area (Å²) >= 11 is 0. The SMILES string of the molecule is COc1cc(OC)cc(C(=O)NCCCCCCCCCCC(=O)O)c1. The summed E-state index contributed by atoms with van der Waals surface area (Å²) in [4.78, 5) is 22.6. The zero-order chi connectivity index (χ0) is 19.2. The molecule has 0 bridgehead atoms. The van der Waals surface area contributed by atoms with E-state index in [4.69, 9.17) is 14.6 Å². The Morgan fingerprint density at radius 3 is 1.85 bits per heavy atom. The van der Waals surface area contributed by atoms with Gasteiger partial charge in [0.05, 0.1) is 14.2 Å². The molecule has 1 rings (SSSR count). The number of aliphatic carboxylic acids is 1. The topological polar surface area (TPSA) is 84.9 Å². The molecule has 0 radical (unpaired) electrons. The van der Waals surface area contributed by atoms with Crippen LogP contribution < -0.4 is 14.8 Å². The zero-order valence-corrected chi connectivity index (χ0v) is 15.9. The Balaban J connectivity index is 2.11. The van der Waals surface area contributed by atoms with Gasteiger partial charge >= 0.3 is 5.97 Å². The Hall–Kier alpha value is -2.24. The lowest BCUT2D eigenvalue weighted by atomic mass is 10.1. The highest BCUT2D eigenvalue weighted by atomic mass is 16.5. The fraction of sp³-hybridized carbons (Fsp3) is 0.600. The molecule has 146 valence electrons. The molecular weight excluding hydrogens is 334 g/mol. The van der Waals surface area contributed by atoms with E-state index in [2.05, 4.69) is 5.32 Å². The average Bonchev–Trinajstić information content (AvgIpc) is 2.65. The molecule has 0 aliphatic heterocycles. The van der Waals surface area contributed by atoms with Crippen LogP contribution in [0.2, 0.25) is 0 Å². The Bertz CT molecular complexity index is 537. The molecule has 2 N–H and O–H groups in total. The first-order chi connectivity index (χ1) is 12.6. The third-order valence-corrected chi connectivity index (χ3v) is 4.22. The summed E-state index contributed by atoms with van der Waals surface area (Å²) < 4.78 is 10.4. The summed E-state index contributed by atoms with van der Waals surface area (Å²) in [5.41, 5.74) is 0.530. The number of rotatable bonds is 14. The lowest BCUT2D eigenvalue weighted by molar-refractivity contribution is -0.137. The molecule has 0 heterocycles. The number of hydrogen-bond donors (Lipinski definition) is 2. The van der Waals surface area contributed by atoms with Crippen molar-refractivity contribution < 1.29 is 24.2 Å². The minimum absolute atomic E-state index is 0.124. The summed E-state index contributed by atoms with van der Waals surface area (Å²) in [7, 11) is 3.12. The summed E-state index contributed by atoms with van der Waals surface area (Å²) in [6, 6.07) is 5.13. The number of nitrogens with one attached hydrogen (secondary N) is 1. The molecule has 1 aromatic rings. The monoisotopic (exact) mass is 365 g/mol. The maximum atomic E-state index is 12.2. The zero-order valence-electron chi connectivity index (χ0n) is 15.9. The van der Waals surface area contributed by atoms with E-state index in [1.54, 1.807) is 32.4 Å². The minimum atomic E-state index is -0.709. The number of carbonyl (C=O) groups is 2. The molecule has 6 heteroatoms. The molecular formula is C20H31NO5. The van der Waals surface area contributed by atoms with Crippen molar-refractivity contribution in [3.05, 3.63) is 23.8 Å². The third-order valence-electron chi connectivity index (χ3n) is 4.22. The summed E-state index contributed by atoms with van der Waals surface area (Å²) in [5.74, 6) is 0.357. The van der Waals surface area contributed by atoms with Crippen LogP contribution in [-0.4, -0.2) is 37.7 Å². The molecule has 1 amide bonds. The van der Waals surface area contributed by atoms with E-state index in [1.807, 2.05) is 0 Å². The largest absolute Gasteiger partial charge is 0.497 e. The van der Waals surface area contributed by atoms with Crippen LogP contribution in [0, 0.1) is 0 Å². The second kappa shape index (κ2) is 13.0. The van der Waals surface area contributed by atoms with Crippen LogP contribution in [0.4, 0.5) is 0 Å². The highest BCUT2D eigenvalue weighted by Crippen LogP contribution is 2.22. The number of carboxylic acids is 1. The van der Waals surface area contributed by atoms with E-state index in [0.717, 1.165) is 51.4 Å². The number of methoxy groups -OCH3 is 2. The molecule has 0 aliphatic rings. The Labute approximate surface area is 155 Å². The van der Waals surface area contributed by atoms with Crippen molar-refractivity contribution in [2.45, 2.75) is 57.8 Å². The third kappa shape index (κ3) is 9.30. The maximum Gasteiger partial charge on any atom is 0.303 e. The van der Waals surface area contributed by atoms with Gasteiger partial charge in [-0.25, -0.2) is 0 Å². The van der Waals surface area contributed by atoms with E-state index >= 15 is 0 Å². The molecule has 0 atom stereocenters. The first kappa shape index (κ1) is 21.8. The molecule has 0 saturated carbocycles. The standard InChI is InChI=1S/C20H31NO5/c1-25-17-13-16(14-18(15-17)26-2)20(24)21-12-10-8-6-4-3-5-7-9-11-19(22)23/h13-15H,3-12H2,1-2H3,(H,21,24)(H,22,23). The number of amides is 1. The van der Waals surface area contributed by atoms with Crippen LogP contribution in [0.5, 0.6) is 11.5 Å². The van der Waals surface area contributed by atoms with Crippen molar-refractivity contribution in [2.24, 2.45) is 0 Å². The number of carboxylic acid groups (broad SMARTS) is 1. The normalized spacial score (nSPS) is 10.4. The number of hydrogen-bond acceptors (Lipinski definition) is 4. The van der Waals surface area contributed by atoms with Crippen molar-refractivity contribution in [3.63, 3.8) is 0 Å². The van der Waals surface area contributed by atoms with Gasteiger partial charge in [0.15, 0.2) is 0 Å². The number of carbonyl (C=O) groups excluding carboxylic acids is 1. The average molecular weight is 365 g/mol. The molecule has 0 fully saturated rings. The van der Waals surface area contributed by atoms with E-state index in [9.17, 15) is 9.59 Å². The smallest absolute Gasteiger partial charge is 0.303 e. The van der Waals surface area contributed by atoms with Crippen LogP contribution in [0.25, 0.3) is 0 Å². The van der Waals surface area contributed by atoms with Crippen LogP contribution in [-0.2, 0) is 4.79 Å². The second-order valence-corrected chi connectivity index (χ2v) is 6.33.